The van der Waals surface area contributed by atoms with Crippen LogP contribution in [0.4, 0.5) is 0 Å². The summed E-state index contributed by atoms with van der Waals surface area (Å²) in [6, 6.07) is 8.93. The van der Waals surface area contributed by atoms with Gasteiger partial charge >= 0.3 is 11.9 Å². The Morgan fingerprint density at radius 2 is 1.80 bits per heavy atom. The van der Waals surface area contributed by atoms with Crippen LogP contribution in [0.25, 0.3) is 0 Å². The number of benzene rings is 1. The number of rotatable bonds is 5. The zero-order valence-electron chi connectivity index (χ0n) is 15.0. The normalized spacial score (nSPS) is 16.7. The average molecular weight is 349 g/mol. The van der Waals surface area contributed by atoms with Crippen LogP contribution in [0.3, 0.4) is 0 Å². The van der Waals surface area contributed by atoms with Crippen LogP contribution >= 0.6 is 0 Å². The molecule has 0 aliphatic carbocycles. The molecule has 6 heteroatoms. The maximum atomic E-state index is 9.10. The minimum atomic E-state index is -1.82. The van der Waals surface area contributed by atoms with E-state index in [-0.39, 0.29) is 0 Å². The monoisotopic (exact) mass is 349 g/mol. The van der Waals surface area contributed by atoms with Gasteiger partial charge in [-0.25, -0.2) is 9.59 Å². The third-order valence-corrected chi connectivity index (χ3v) is 4.23. The zero-order valence-corrected chi connectivity index (χ0v) is 15.0. The molecule has 0 amide bonds. The maximum Gasteiger partial charge on any atom is 0.414 e. The Morgan fingerprint density at radius 1 is 1.20 bits per heavy atom. The van der Waals surface area contributed by atoms with Gasteiger partial charge in [0, 0.05) is 6.04 Å². The fourth-order valence-corrected chi connectivity index (χ4v) is 2.84. The first-order valence-electron chi connectivity index (χ1n) is 8.40. The van der Waals surface area contributed by atoms with Crippen molar-refractivity contribution in [3.63, 3.8) is 0 Å². The maximum absolute atomic E-state index is 9.10. The number of carboxylic acid groups (broad SMARTS) is 2. The van der Waals surface area contributed by atoms with Crippen molar-refractivity contribution in [2.75, 3.05) is 13.7 Å². The highest BCUT2D eigenvalue weighted by Crippen LogP contribution is 2.24. The minimum Gasteiger partial charge on any atom is -0.497 e. The van der Waals surface area contributed by atoms with Gasteiger partial charge in [-0.2, -0.15) is 0 Å². The Morgan fingerprint density at radius 3 is 2.28 bits per heavy atom. The van der Waals surface area contributed by atoms with Crippen LogP contribution in [0.15, 0.2) is 35.4 Å². The summed E-state index contributed by atoms with van der Waals surface area (Å²) in [5, 5.41) is 18.4. The van der Waals surface area contributed by atoms with Gasteiger partial charge in [0.05, 0.1) is 7.11 Å². The summed E-state index contributed by atoms with van der Waals surface area (Å²) in [6.45, 7) is 5.68. The van der Waals surface area contributed by atoms with Crippen molar-refractivity contribution in [2.24, 2.45) is 0 Å². The molecule has 0 saturated heterocycles. The van der Waals surface area contributed by atoms with E-state index in [0.717, 1.165) is 18.7 Å². The molecule has 1 aromatic carbocycles. The highest BCUT2D eigenvalue weighted by molar-refractivity contribution is 6.27. The van der Waals surface area contributed by atoms with Gasteiger partial charge in [0.2, 0.25) is 0 Å². The van der Waals surface area contributed by atoms with Crippen molar-refractivity contribution in [3.8, 4) is 5.75 Å². The summed E-state index contributed by atoms with van der Waals surface area (Å²) in [6.07, 6.45) is 4.80. The number of methoxy groups -OCH3 is 1. The molecule has 0 spiro atoms. The first-order valence-corrected chi connectivity index (χ1v) is 8.40. The largest absolute Gasteiger partial charge is 0.497 e. The quantitative estimate of drug-likeness (QED) is 0.559. The molecule has 1 aromatic rings. The van der Waals surface area contributed by atoms with E-state index < -0.39 is 11.9 Å². The van der Waals surface area contributed by atoms with E-state index >= 15 is 0 Å². The summed E-state index contributed by atoms with van der Waals surface area (Å²) >= 11 is 0. The Balaban J connectivity index is 0.000000450. The minimum absolute atomic E-state index is 0.503. The van der Waals surface area contributed by atoms with Crippen molar-refractivity contribution in [1.82, 2.24) is 5.32 Å². The summed E-state index contributed by atoms with van der Waals surface area (Å²) in [7, 11) is 1.71. The molecule has 25 heavy (non-hydrogen) atoms. The summed E-state index contributed by atoms with van der Waals surface area (Å²) in [4.78, 5) is 18.2. The highest BCUT2D eigenvalue weighted by Gasteiger charge is 2.18. The van der Waals surface area contributed by atoms with Gasteiger partial charge in [-0.15, -0.1) is 0 Å². The lowest BCUT2D eigenvalue weighted by Gasteiger charge is -2.28. The number of ether oxygens (including phenoxy) is 1. The van der Waals surface area contributed by atoms with Crippen LogP contribution in [0.5, 0.6) is 5.75 Å². The van der Waals surface area contributed by atoms with Crippen molar-refractivity contribution in [2.45, 2.75) is 45.6 Å². The van der Waals surface area contributed by atoms with Gasteiger partial charge in [0.15, 0.2) is 0 Å². The van der Waals surface area contributed by atoms with Gasteiger partial charge < -0.3 is 20.3 Å². The summed E-state index contributed by atoms with van der Waals surface area (Å²) < 4.78 is 5.20. The van der Waals surface area contributed by atoms with E-state index in [0.29, 0.717) is 6.04 Å². The number of nitrogens with one attached hydrogen (secondary N) is 1. The standard InChI is InChI=1S/C17H25NO.C2H2O4/c1-4-5-15-10-11-18-17(13(15)2)12-14-6-8-16(19-3)9-7-14;3-1(4)2(5)6/h6-9,17-18H,4-5,10-12H2,1-3H3;(H,3,4)(H,5,6). The zero-order chi connectivity index (χ0) is 18.8. The Bertz CT molecular complexity index is 595. The molecule has 0 aromatic heterocycles. The number of carbonyl (C=O) groups is 2. The first kappa shape index (κ1) is 20.7. The fraction of sp³-hybridized carbons (Fsp3) is 0.474. The fourth-order valence-electron chi connectivity index (χ4n) is 2.84. The smallest absolute Gasteiger partial charge is 0.414 e. The van der Waals surface area contributed by atoms with Crippen molar-refractivity contribution in [3.05, 3.63) is 41.0 Å². The lowest BCUT2D eigenvalue weighted by Crippen LogP contribution is -2.37. The number of hydrogen-bond acceptors (Lipinski definition) is 4. The Kier molecular flexibility index (Phi) is 8.70. The highest BCUT2D eigenvalue weighted by atomic mass is 16.5. The Labute approximate surface area is 148 Å². The molecule has 2 rings (SSSR count). The molecule has 1 aliphatic heterocycles. The Hall–Kier alpha value is -2.34. The second kappa shape index (κ2) is 10.5. The van der Waals surface area contributed by atoms with E-state index in [9.17, 15) is 0 Å². The van der Waals surface area contributed by atoms with E-state index in [2.05, 4.69) is 31.3 Å². The topological polar surface area (TPSA) is 95.9 Å². The van der Waals surface area contributed by atoms with E-state index in [1.807, 2.05) is 12.1 Å². The van der Waals surface area contributed by atoms with E-state index in [1.54, 1.807) is 18.3 Å². The third kappa shape index (κ3) is 6.97. The van der Waals surface area contributed by atoms with Crippen molar-refractivity contribution >= 4 is 11.9 Å². The average Bonchev–Trinajstić information content (AvgIpc) is 2.60. The second-order valence-electron chi connectivity index (χ2n) is 5.96. The van der Waals surface area contributed by atoms with Gasteiger partial charge in [-0.3, -0.25) is 0 Å². The van der Waals surface area contributed by atoms with Crippen LogP contribution < -0.4 is 10.1 Å². The molecule has 0 saturated carbocycles. The van der Waals surface area contributed by atoms with Crippen LogP contribution in [-0.4, -0.2) is 41.8 Å². The SMILES string of the molecule is CCCC1=C(C)C(Cc2ccc(OC)cc2)NCC1.O=C(O)C(=O)O. The van der Waals surface area contributed by atoms with Crippen LogP contribution in [0, 0.1) is 0 Å². The van der Waals surface area contributed by atoms with Crippen LogP contribution in [0.2, 0.25) is 0 Å². The number of aliphatic carboxylic acids is 2. The molecule has 1 atom stereocenters. The first-order chi connectivity index (χ1) is 11.9. The predicted octanol–water partition coefficient (Wildman–Crippen LogP) is 2.87. The molecule has 3 N–H and O–H groups in total. The molecule has 6 nitrogen and oxygen atoms in total. The van der Waals surface area contributed by atoms with Gasteiger partial charge in [-0.1, -0.05) is 36.6 Å². The van der Waals surface area contributed by atoms with Crippen molar-refractivity contribution < 1.29 is 24.5 Å². The number of carboxylic acids is 2. The van der Waals surface area contributed by atoms with E-state index in [1.165, 1.54) is 24.8 Å². The molecule has 0 bridgehead atoms. The lowest BCUT2D eigenvalue weighted by molar-refractivity contribution is -0.159. The van der Waals surface area contributed by atoms with Crippen molar-refractivity contribution in [1.29, 1.82) is 0 Å². The van der Waals surface area contributed by atoms with Crippen LogP contribution in [0.1, 0.15) is 38.7 Å². The molecule has 1 unspecified atom stereocenters. The number of hydrogen-bond donors (Lipinski definition) is 3. The third-order valence-electron chi connectivity index (χ3n) is 4.23. The molecule has 1 aliphatic rings. The molecule has 1 heterocycles. The summed E-state index contributed by atoms with van der Waals surface area (Å²) in [5.74, 6) is -2.72. The van der Waals surface area contributed by atoms with Gasteiger partial charge in [0.1, 0.15) is 5.75 Å². The van der Waals surface area contributed by atoms with Crippen LogP contribution in [-0.2, 0) is 16.0 Å². The predicted molar refractivity (Wildman–Crippen MR) is 96.0 cm³/mol. The molecule has 138 valence electrons. The van der Waals surface area contributed by atoms with E-state index in [4.69, 9.17) is 24.5 Å². The molecular weight excluding hydrogens is 322 g/mol. The second-order valence-corrected chi connectivity index (χ2v) is 5.96. The molecular formula is C19H27NO5. The summed E-state index contributed by atoms with van der Waals surface area (Å²) in [5.41, 5.74) is 4.60. The lowest BCUT2D eigenvalue weighted by atomic mass is 9.89. The van der Waals surface area contributed by atoms with Gasteiger partial charge in [-0.05, 0) is 50.4 Å². The molecule has 0 fully saturated rings. The van der Waals surface area contributed by atoms with Gasteiger partial charge in [0.25, 0.3) is 0 Å². The molecule has 0 radical (unpaired) electrons.